The molecule has 3 aliphatic rings. The molecular formula is C17H19N3O2. The highest BCUT2D eigenvalue weighted by molar-refractivity contribution is 5.50. The molecule has 0 radical (unpaired) electrons. The van der Waals surface area contributed by atoms with Gasteiger partial charge in [-0.25, -0.2) is 0 Å². The highest BCUT2D eigenvalue weighted by Gasteiger charge is 2.36. The highest BCUT2D eigenvalue weighted by atomic mass is 16.5. The summed E-state index contributed by atoms with van der Waals surface area (Å²) in [5, 5.41) is 3.54. The summed E-state index contributed by atoms with van der Waals surface area (Å²) in [7, 11) is 1.65. The van der Waals surface area contributed by atoms with E-state index in [0.29, 0.717) is 12.1 Å². The number of methoxy groups -OCH3 is 1. The maximum absolute atomic E-state index is 5.89. The predicted molar refractivity (Wildman–Crippen MR) is 84.8 cm³/mol. The molecular weight excluding hydrogens is 278 g/mol. The van der Waals surface area contributed by atoms with Gasteiger partial charge in [-0.3, -0.25) is 4.98 Å². The number of pyridine rings is 1. The van der Waals surface area contributed by atoms with E-state index >= 15 is 0 Å². The molecule has 5 rings (SSSR count). The molecule has 2 aromatic rings. The van der Waals surface area contributed by atoms with Crippen molar-refractivity contribution in [2.24, 2.45) is 0 Å². The van der Waals surface area contributed by atoms with Gasteiger partial charge in [0.2, 0.25) is 0 Å². The summed E-state index contributed by atoms with van der Waals surface area (Å²) in [6.45, 7) is 2.09. The number of piperidine rings is 1. The van der Waals surface area contributed by atoms with E-state index in [2.05, 4.69) is 21.3 Å². The molecule has 3 saturated heterocycles. The van der Waals surface area contributed by atoms with Gasteiger partial charge in [-0.1, -0.05) is 0 Å². The van der Waals surface area contributed by atoms with Gasteiger partial charge in [0, 0.05) is 31.2 Å². The summed E-state index contributed by atoms with van der Waals surface area (Å²) in [5.41, 5.74) is 1.13. The van der Waals surface area contributed by atoms with E-state index in [9.17, 15) is 0 Å². The van der Waals surface area contributed by atoms with Crippen LogP contribution in [0.3, 0.4) is 0 Å². The van der Waals surface area contributed by atoms with Crippen molar-refractivity contribution >= 4 is 5.69 Å². The number of anilines is 1. The Morgan fingerprint density at radius 2 is 1.73 bits per heavy atom. The SMILES string of the molecule is COc1ccc(Oc2cncc(N3CC4CC(C3)N4)c2)cc1. The molecule has 1 aromatic carbocycles. The third kappa shape index (κ3) is 2.60. The summed E-state index contributed by atoms with van der Waals surface area (Å²) in [4.78, 5) is 6.70. The molecule has 2 atom stereocenters. The Morgan fingerprint density at radius 1 is 1.05 bits per heavy atom. The lowest BCUT2D eigenvalue weighted by atomic mass is 9.91. The molecule has 3 fully saturated rings. The fraction of sp³-hybridized carbons (Fsp3) is 0.353. The summed E-state index contributed by atoms with van der Waals surface area (Å²) in [6.07, 6.45) is 4.95. The Balaban J connectivity index is 1.48. The Kier molecular flexibility index (Phi) is 3.35. The number of aromatic nitrogens is 1. The van der Waals surface area contributed by atoms with Crippen LogP contribution in [-0.2, 0) is 0 Å². The first-order chi connectivity index (χ1) is 10.8. The Hall–Kier alpha value is -2.27. The zero-order chi connectivity index (χ0) is 14.9. The molecule has 1 N–H and O–H groups in total. The van der Waals surface area contributed by atoms with E-state index in [0.717, 1.165) is 36.0 Å². The van der Waals surface area contributed by atoms with Crippen LogP contribution in [-0.4, -0.2) is 37.3 Å². The van der Waals surface area contributed by atoms with Gasteiger partial charge < -0.3 is 19.7 Å². The molecule has 1 aromatic heterocycles. The maximum Gasteiger partial charge on any atom is 0.147 e. The predicted octanol–water partition coefficient (Wildman–Crippen LogP) is 2.43. The second-order valence-corrected chi connectivity index (χ2v) is 5.86. The van der Waals surface area contributed by atoms with Crippen LogP contribution < -0.4 is 19.7 Å². The normalized spacial score (nSPS) is 22.9. The number of ether oxygens (including phenoxy) is 2. The lowest BCUT2D eigenvalue weighted by molar-refractivity contribution is 0.226. The summed E-state index contributed by atoms with van der Waals surface area (Å²) in [6, 6.07) is 10.9. The molecule has 0 amide bonds. The van der Waals surface area contributed by atoms with Gasteiger partial charge in [0.1, 0.15) is 17.2 Å². The number of fused-ring (bicyclic) bond motifs is 2. The van der Waals surface area contributed by atoms with Gasteiger partial charge in [0.05, 0.1) is 25.2 Å². The Labute approximate surface area is 129 Å². The van der Waals surface area contributed by atoms with Gasteiger partial charge in [0.15, 0.2) is 0 Å². The summed E-state index contributed by atoms with van der Waals surface area (Å²) < 4.78 is 11.0. The lowest BCUT2D eigenvalue weighted by Crippen LogP contribution is -2.67. The zero-order valence-electron chi connectivity index (χ0n) is 12.5. The number of benzene rings is 1. The smallest absolute Gasteiger partial charge is 0.147 e. The van der Waals surface area contributed by atoms with E-state index in [1.165, 1.54) is 6.42 Å². The Morgan fingerprint density at radius 3 is 2.41 bits per heavy atom. The average molecular weight is 297 g/mol. The molecule has 0 saturated carbocycles. The first kappa shape index (κ1) is 13.4. The van der Waals surface area contributed by atoms with Gasteiger partial charge in [-0.15, -0.1) is 0 Å². The number of nitrogens with one attached hydrogen (secondary N) is 1. The number of rotatable bonds is 4. The van der Waals surface area contributed by atoms with Gasteiger partial charge >= 0.3 is 0 Å². The molecule has 3 aliphatic heterocycles. The van der Waals surface area contributed by atoms with Crippen LogP contribution in [0.4, 0.5) is 5.69 Å². The van der Waals surface area contributed by atoms with Gasteiger partial charge in [-0.2, -0.15) is 0 Å². The fourth-order valence-electron chi connectivity index (χ4n) is 3.14. The van der Waals surface area contributed by atoms with E-state index in [1.807, 2.05) is 30.5 Å². The number of hydrogen-bond acceptors (Lipinski definition) is 5. The van der Waals surface area contributed by atoms with Gasteiger partial charge in [0.25, 0.3) is 0 Å². The number of piperazine rings is 1. The third-order valence-electron chi connectivity index (χ3n) is 4.28. The van der Waals surface area contributed by atoms with E-state index in [-0.39, 0.29) is 0 Å². The first-order valence-corrected chi connectivity index (χ1v) is 7.58. The van der Waals surface area contributed by atoms with Crippen LogP contribution in [0.2, 0.25) is 0 Å². The molecule has 5 heteroatoms. The van der Waals surface area contributed by atoms with Gasteiger partial charge in [-0.05, 0) is 30.7 Å². The van der Waals surface area contributed by atoms with Crippen molar-refractivity contribution in [3.63, 3.8) is 0 Å². The van der Waals surface area contributed by atoms with Crippen LogP contribution in [0.25, 0.3) is 0 Å². The quantitative estimate of drug-likeness (QED) is 0.939. The van der Waals surface area contributed by atoms with Crippen molar-refractivity contribution in [2.45, 2.75) is 18.5 Å². The average Bonchev–Trinajstić information content (AvgIpc) is 2.55. The van der Waals surface area contributed by atoms with Crippen LogP contribution in [0.1, 0.15) is 6.42 Å². The minimum Gasteiger partial charge on any atom is -0.497 e. The van der Waals surface area contributed by atoms with Crippen LogP contribution in [0.15, 0.2) is 42.7 Å². The Bertz CT molecular complexity index is 643. The lowest BCUT2D eigenvalue weighted by Gasteiger charge is -2.49. The fourth-order valence-corrected chi connectivity index (χ4v) is 3.14. The molecule has 4 heterocycles. The van der Waals surface area contributed by atoms with Crippen molar-refractivity contribution in [3.8, 4) is 17.2 Å². The molecule has 2 unspecified atom stereocenters. The second-order valence-electron chi connectivity index (χ2n) is 5.86. The summed E-state index contributed by atoms with van der Waals surface area (Å²) in [5.74, 6) is 2.36. The van der Waals surface area contributed by atoms with Crippen molar-refractivity contribution in [3.05, 3.63) is 42.7 Å². The van der Waals surface area contributed by atoms with Crippen molar-refractivity contribution in [1.29, 1.82) is 0 Å². The van der Waals surface area contributed by atoms with E-state index < -0.39 is 0 Å². The van der Waals surface area contributed by atoms with Crippen molar-refractivity contribution < 1.29 is 9.47 Å². The third-order valence-corrected chi connectivity index (χ3v) is 4.28. The number of nitrogens with zero attached hydrogens (tertiary/aromatic N) is 2. The molecule has 2 bridgehead atoms. The van der Waals surface area contributed by atoms with Crippen molar-refractivity contribution in [1.82, 2.24) is 10.3 Å². The first-order valence-electron chi connectivity index (χ1n) is 7.58. The van der Waals surface area contributed by atoms with Crippen molar-refractivity contribution in [2.75, 3.05) is 25.1 Å². The van der Waals surface area contributed by atoms with Crippen LogP contribution >= 0.6 is 0 Å². The topological polar surface area (TPSA) is 46.6 Å². The minimum absolute atomic E-state index is 0.630. The standard InChI is InChI=1S/C17H19N3O2/c1-21-15-2-4-16(5-3-15)22-17-7-14(8-18-9-17)20-10-12-6-13(11-20)19-12/h2-5,7-9,12-13,19H,6,10-11H2,1H3. The largest absolute Gasteiger partial charge is 0.497 e. The number of hydrogen-bond donors (Lipinski definition) is 1. The molecule has 114 valence electrons. The van der Waals surface area contributed by atoms with Crippen LogP contribution in [0.5, 0.6) is 17.2 Å². The van der Waals surface area contributed by atoms with E-state index in [1.54, 1.807) is 13.3 Å². The highest BCUT2D eigenvalue weighted by Crippen LogP contribution is 2.29. The molecule has 0 aliphatic carbocycles. The van der Waals surface area contributed by atoms with Crippen LogP contribution in [0, 0.1) is 0 Å². The van der Waals surface area contributed by atoms with E-state index in [4.69, 9.17) is 9.47 Å². The maximum atomic E-state index is 5.89. The summed E-state index contributed by atoms with van der Waals surface area (Å²) >= 11 is 0. The zero-order valence-corrected chi connectivity index (χ0v) is 12.5. The molecule has 0 spiro atoms. The minimum atomic E-state index is 0.630. The second kappa shape index (κ2) is 5.50. The molecule has 22 heavy (non-hydrogen) atoms. The molecule has 5 nitrogen and oxygen atoms in total. The monoisotopic (exact) mass is 297 g/mol.